The number of aromatic nitrogens is 1. The van der Waals surface area contributed by atoms with Gasteiger partial charge < -0.3 is 19.9 Å². The number of fused-ring (bicyclic) bond motifs is 1. The van der Waals surface area contributed by atoms with Crippen molar-refractivity contribution in [2.75, 3.05) is 50.2 Å². The lowest BCUT2D eigenvalue weighted by molar-refractivity contribution is -0.124. The van der Waals surface area contributed by atoms with Gasteiger partial charge in [-0.05, 0) is 101 Å². The quantitative estimate of drug-likeness (QED) is 0.373. The van der Waals surface area contributed by atoms with Gasteiger partial charge in [0.05, 0.1) is 34.4 Å². The molecule has 1 spiro atoms. The molecule has 2 aromatic carbocycles. The first kappa shape index (κ1) is 33.9. The van der Waals surface area contributed by atoms with Crippen molar-refractivity contribution in [2.45, 2.75) is 56.1 Å². The SMILES string of the molecule is CCOc1ncccc1C1(NC(=O)N2CC3(C2)CN(C2CCN(C(C)C)CC2)C3)C(=O)N(S(=O)(=O)c2ccc(F)cc2)c2ccc(C#N)cc21. The molecule has 12 nitrogen and oxygen atoms in total. The summed E-state index contributed by atoms with van der Waals surface area (Å²) in [5.41, 5.74) is -1.88. The van der Waals surface area contributed by atoms with Crippen LogP contribution in [-0.2, 0) is 20.4 Å². The van der Waals surface area contributed by atoms with Gasteiger partial charge in [-0.15, -0.1) is 0 Å². The largest absolute Gasteiger partial charge is 0.478 e. The first-order chi connectivity index (χ1) is 23.9. The molecule has 3 fully saturated rings. The number of carbonyl (C=O) groups excluding carboxylic acids is 2. The lowest BCUT2D eigenvalue weighted by Gasteiger charge is -2.62. The molecule has 4 aliphatic heterocycles. The summed E-state index contributed by atoms with van der Waals surface area (Å²) >= 11 is 0. The number of hydrogen-bond donors (Lipinski definition) is 1. The highest BCUT2D eigenvalue weighted by Crippen LogP contribution is 2.50. The zero-order chi connectivity index (χ0) is 35.4. The van der Waals surface area contributed by atoms with Gasteiger partial charge in [0.2, 0.25) is 5.88 Å². The van der Waals surface area contributed by atoms with Gasteiger partial charge in [0.15, 0.2) is 5.54 Å². The van der Waals surface area contributed by atoms with E-state index in [1.807, 2.05) is 0 Å². The Labute approximate surface area is 291 Å². The number of hydrogen-bond acceptors (Lipinski definition) is 9. The van der Waals surface area contributed by atoms with Gasteiger partial charge in [0.25, 0.3) is 15.9 Å². The van der Waals surface area contributed by atoms with E-state index in [9.17, 15) is 27.7 Å². The minimum absolute atomic E-state index is 0.0243. The number of pyridine rings is 1. The fraction of sp³-hybridized carbons (Fsp3) is 0.444. The van der Waals surface area contributed by atoms with Crippen LogP contribution >= 0.6 is 0 Å². The standard InChI is InChI=1S/C36H40FN7O5S/c1-4-49-32-29(6-5-15-39-32)36(40-34(46)43-22-35(23-43)20-42(21-35)27-13-16-41(17-14-27)24(2)3)30-18-25(19-38)7-12-31(30)44(33(36)45)50(47,48)28-10-8-26(37)9-11-28/h5-12,15,18,24,27H,4,13-14,16-17,20-23H2,1-3H3,(H,40,46). The zero-order valence-electron chi connectivity index (χ0n) is 28.3. The molecule has 7 rings (SSSR count). The van der Waals surface area contributed by atoms with Crippen molar-refractivity contribution in [3.63, 3.8) is 0 Å². The number of halogens is 1. The van der Waals surface area contributed by atoms with Gasteiger partial charge in [-0.2, -0.15) is 9.57 Å². The summed E-state index contributed by atoms with van der Waals surface area (Å²) in [6, 6.07) is 14.0. The van der Waals surface area contributed by atoms with E-state index >= 15 is 0 Å². The zero-order valence-corrected chi connectivity index (χ0v) is 29.1. The Morgan fingerprint density at radius 1 is 1.08 bits per heavy atom. The lowest BCUT2D eigenvalue weighted by atomic mass is 9.71. The van der Waals surface area contributed by atoms with Crippen LogP contribution in [0.3, 0.4) is 0 Å². The van der Waals surface area contributed by atoms with Crippen LogP contribution in [0, 0.1) is 22.6 Å². The number of anilines is 1. The van der Waals surface area contributed by atoms with Crippen molar-refractivity contribution in [3.8, 4) is 11.9 Å². The molecule has 0 aliphatic carbocycles. The number of amides is 3. The van der Waals surface area contributed by atoms with Gasteiger partial charge in [-0.25, -0.2) is 22.6 Å². The summed E-state index contributed by atoms with van der Waals surface area (Å²) in [6.45, 7) is 11.3. The van der Waals surface area contributed by atoms with Crippen molar-refractivity contribution in [1.29, 1.82) is 5.26 Å². The highest BCUT2D eigenvalue weighted by molar-refractivity contribution is 7.93. The molecule has 4 aliphatic rings. The van der Waals surface area contributed by atoms with E-state index in [1.165, 1.54) is 24.4 Å². The molecule has 3 amide bonds. The fourth-order valence-electron chi connectivity index (χ4n) is 7.97. The Hall–Kier alpha value is -4.58. The van der Waals surface area contributed by atoms with E-state index in [2.05, 4.69) is 40.0 Å². The topological polar surface area (TPSA) is 139 Å². The van der Waals surface area contributed by atoms with Crippen LogP contribution in [-0.4, -0.2) is 98.0 Å². The molecular weight excluding hydrogens is 662 g/mol. The van der Waals surface area contributed by atoms with E-state index in [4.69, 9.17) is 4.74 Å². The Balaban J connectivity index is 1.21. The highest BCUT2D eigenvalue weighted by atomic mass is 32.2. The van der Waals surface area contributed by atoms with E-state index < -0.39 is 33.3 Å². The first-order valence-corrected chi connectivity index (χ1v) is 18.4. The number of nitrogens with one attached hydrogen (secondary N) is 1. The summed E-state index contributed by atoms with van der Waals surface area (Å²) < 4.78 is 48.6. The number of ether oxygens (including phenoxy) is 1. The number of urea groups is 1. The third kappa shape index (κ3) is 5.48. The summed E-state index contributed by atoms with van der Waals surface area (Å²) in [5.74, 6) is -1.63. The predicted octanol–water partition coefficient (Wildman–Crippen LogP) is 3.67. The molecule has 3 aromatic rings. The van der Waals surface area contributed by atoms with Crippen LogP contribution in [0.5, 0.6) is 5.88 Å². The summed E-state index contributed by atoms with van der Waals surface area (Å²) in [6.07, 6.45) is 3.72. The number of rotatable bonds is 8. The second-order valence-corrected chi connectivity index (χ2v) is 15.8. The molecule has 50 heavy (non-hydrogen) atoms. The second kappa shape index (κ2) is 12.6. The lowest BCUT2D eigenvalue weighted by Crippen LogP contribution is -2.76. The predicted molar refractivity (Wildman–Crippen MR) is 182 cm³/mol. The Morgan fingerprint density at radius 3 is 2.42 bits per heavy atom. The third-order valence-corrected chi connectivity index (χ3v) is 12.2. The number of piperidine rings is 1. The highest BCUT2D eigenvalue weighted by Gasteiger charge is 2.61. The van der Waals surface area contributed by atoms with Crippen molar-refractivity contribution >= 4 is 27.6 Å². The number of carbonyl (C=O) groups is 2. The minimum Gasteiger partial charge on any atom is -0.478 e. The van der Waals surface area contributed by atoms with E-state index in [0.717, 1.165) is 63.3 Å². The number of benzene rings is 2. The van der Waals surface area contributed by atoms with Gasteiger partial charge in [0.1, 0.15) is 5.82 Å². The number of nitriles is 1. The summed E-state index contributed by atoms with van der Waals surface area (Å²) in [5, 5.41) is 12.8. The molecular formula is C36H40FN7O5S. The molecule has 0 bridgehead atoms. The van der Waals surface area contributed by atoms with Gasteiger partial charge in [-0.1, -0.05) is 0 Å². The molecule has 14 heteroatoms. The monoisotopic (exact) mass is 701 g/mol. The third-order valence-electron chi connectivity index (χ3n) is 10.5. The molecule has 0 saturated carbocycles. The molecule has 262 valence electrons. The van der Waals surface area contributed by atoms with Crippen molar-refractivity contribution in [3.05, 3.63) is 83.3 Å². The molecule has 1 N–H and O–H groups in total. The van der Waals surface area contributed by atoms with Gasteiger partial charge in [-0.3, -0.25) is 9.69 Å². The molecule has 0 radical (unpaired) electrons. The van der Waals surface area contributed by atoms with Crippen molar-refractivity contribution < 1.29 is 27.1 Å². The average molecular weight is 702 g/mol. The molecule has 1 atom stereocenters. The smallest absolute Gasteiger partial charge is 0.318 e. The van der Waals surface area contributed by atoms with Crippen LogP contribution < -0.4 is 14.4 Å². The van der Waals surface area contributed by atoms with Crippen LogP contribution in [0.4, 0.5) is 14.9 Å². The minimum atomic E-state index is -4.63. The van der Waals surface area contributed by atoms with E-state index in [1.54, 1.807) is 24.0 Å². The number of likely N-dealkylation sites (tertiary alicyclic amines) is 3. The van der Waals surface area contributed by atoms with Crippen molar-refractivity contribution in [2.24, 2.45) is 5.41 Å². The Bertz CT molecular complexity index is 1960. The second-order valence-electron chi connectivity index (χ2n) is 14.0. The Kier molecular flexibility index (Phi) is 8.56. The van der Waals surface area contributed by atoms with Crippen LogP contribution in [0.1, 0.15) is 50.3 Å². The first-order valence-electron chi connectivity index (χ1n) is 17.0. The average Bonchev–Trinajstić information content (AvgIpc) is 3.31. The van der Waals surface area contributed by atoms with Crippen LogP contribution in [0.25, 0.3) is 0 Å². The van der Waals surface area contributed by atoms with Gasteiger partial charge >= 0.3 is 6.03 Å². The maximum absolute atomic E-state index is 14.9. The summed E-state index contributed by atoms with van der Waals surface area (Å²) in [7, 11) is -4.63. The fourth-order valence-corrected chi connectivity index (χ4v) is 9.44. The number of nitrogens with zero attached hydrogens (tertiary/aromatic N) is 6. The maximum atomic E-state index is 14.9. The van der Waals surface area contributed by atoms with E-state index in [0.29, 0.717) is 29.5 Å². The Morgan fingerprint density at radius 2 is 1.78 bits per heavy atom. The van der Waals surface area contributed by atoms with Crippen LogP contribution in [0.2, 0.25) is 0 Å². The molecule has 5 heterocycles. The van der Waals surface area contributed by atoms with Crippen molar-refractivity contribution in [1.82, 2.24) is 25.0 Å². The van der Waals surface area contributed by atoms with E-state index in [-0.39, 0.29) is 45.2 Å². The molecule has 1 unspecified atom stereocenters. The number of sulfonamides is 1. The normalized spacial score (nSPS) is 22.2. The molecule has 1 aromatic heterocycles. The molecule has 3 saturated heterocycles. The van der Waals surface area contributed by atoms with Gasteiger partial charge in [0, 0.05) is 55.4 Å². The summed E-state index contributed by atoms with van der Waals surface area (Å²) in [4.78, 5) is 39.8. The maximum Gasteiger partial charge on any atom is 0.318 e. The van der Waals surface area contributed by atoms with Crippen LogP contribution in [0.15, 0.2) is 65.7 Å².